The summed E-state index contributed by atoms with van der Waals surface area (Å²) in [7, 11) is 0. The van der Waals surface area contributed by atoms with E-state index in [4.69, 9.17) is 10.8 Å². The van der Waals surface area contributed by atoms with E-state index in [1.807, 2.05) is 0 Å². The van der Waals surface area contributed by atoms with Crippen molar-refractivity contribution in [1.29, 1.82) is 0 Å². The summed E-state index contributed by atoms with van der Waals surface area (Å²) in [6, 6.07) is 3.80. The number of aromatic carboxylic acids is 1. The third-order valence-corrected chi connectivity index (χ3v) is 3.54. The Morgan fingerprint density at radius 2 is 2.14 bits per heavy atom. The number of benzene rings is 1. The maximum Gasteiger partial charge on any atom is 0.339 e. The molecule has 0 fully saturated rings. The highest BCUT2D eigenvalue weighted by Gasteiger charge is 2.14. The van der Waals surface area contributed by atoms with Crippen LogP contribution in [0.5, 0.6) is 5.75 Å². The molecule has 5 N–H and O–H groups in total. The Hall–Kier alpha value is -2.45. The van der Waals surface area contributed by atoms with Crippen LogP contribution < -0.4 is 11.1 Å². The Morgan fingerprint density at radius 1 is 1.38 bits per heavy atom. The molecule has 2 aromatic rings. The fourth-order valence-electron chi connectivity index (χ4n) is 1.63. The number of aromatic nitrogens is 1. The van der Waals surface area contributed by atoms with Gasteiger partial charge < -0.3 is 21.3 Å². The Kier molecular flexibility index (Phi) is 4.51. The number of hydrogen-bond donors (Lipinski definition) is 4. The number of nitrogens with zero attached hydrogens (tertiary/aromatic N) is 1. The molecule has 0 aliphatic carbocycles. The number of carboxylic acid groups (broad SMARTS) is 1. The van der Waals surface area contributed by atoms with Gasteiger partial charge in [-0.25, -0.2) is 9.78 Å². The molecule has 1 amide bonds. The molecule has 21 heavy (non-hydrogen) atoms. The number of nitrogens with one attached hydrogen (secondary N) is 1. The van der Waals surface area contributed by atoms with E-state index in [1.54, 1.807) is 5.38 Å². The summed E-state index contributed by atoms with van der Waals surface area (Å²) in [5, 5.41) is 23.2. The van der Waals surface area contributed by atoms with Gasteiger partial charge in [-0.3, -0.25) is 4.79 Å². The Morgan fingerprint density at radius 3 is 2.81 bits per heavy atom. The van der Waals surface area contributed by atoms with E-state index in [0.717, 1.165) is 5.01 Å². The van der Waals surface area contributed by atoms with Crippen LogP contribution in [-0.4, -0.2) is 33.6 Å². The molecule has 0 aliphatic heterocycles. The molecule has 1 heterocycles. The van der Waals surface area contributed by atoms with Crippen molar-refractivity contribution in [2.45, 2.75) is 6.42 Å². The molecular formula is C13H13N3O4S. The predicted octanol–water partition coefficient (Wildman–Crippen LogP) is 1.30. The topological polar surface area (TPSA) is 126 Å². The van der Waals surface area contributed by atoms with Gasteiger partial charge in [0.05, 0.1) is 5.01 Å². The zero-order valence-corrected chi connectivity index (χ0v) is 11.7. The van der Waals surface area contributed by atoms with Crippen LogP contribution in [0.1, 0.15) is 25.9 Å². The first-order valence-corrected chi connectivity index (χ1v) is 6.91. The lowest BCUT2D eigenvalue weighted by atomic mass is 10.2. The molecule has 2 rings (SSSR count). The zero-order valence-electron chi connectivity index (χ0n) is 10.9. The van der Waals surface area contributed by atoms with Crippen molar-refractivity contribution < 1.29 is 19.8 Å². The monoisotopic (exact) mass is 307 g/mol. The van der Waals surface area contributed by atoms with Gasteiger partial charge in [-0.15, -0.1) is 11.3 Å². The molecule has 1 aromatic heterocycles. The van der Waals surface area contributed by atoms with E-state index >= 15 is 0 Å². The Bertz CT molecular complexity index is 684. The van der Waals surface area contributed by atoms with E-state index in [0.29, 0.717) is 13.0 Å². The predicted molar refractivity (Wildman–Crippen MR) is 77.9 cm³/mol. The van der Waals surface area contributed by atoms with Crippen LogP contribution in [0, 0.1) is 0 Å². The van der Waals surface area contributed by atoms with Gasteiger partial charge in [0, 0.05) is 17.5 Å². The molecule has 0 atom stereocenters. The van der Waals surface area contributed by atoms with Crippen molar-refractivity contribution in [2.24, 2.45) is 5.73 Å². The smallest absolute Gasteiger partial charge is 0.339 e. The number of aromatic hydroxyl groups is 1. The van der Waals surface area contributed by atoms with Crippen LogP contribution in [0.15, 0.2) is 23.6 Å². The Labute approximate surface area is 124 Å². The number of anilines is 1. The number of amides is 1. The molecule has 0 saturated heterocycles. The van der Waals surface area contributed by atoms with Crippen LogP contribution in [0.25, 0.3) is 0 Å². The van der Waals surface area contributed by atoms with Crippen LogP contribution in [0.4, 0.5) is 5.69 Å². The molecule has 8 heteroatoms. The third kappa shape index (κ3) is 3.56. The van der Waals surface area contributed by atoms with Gasteiger partial charge in [0.25, 0.3) is 5.91 Å². The third-order valence-electron chi connectivity index (χ3n) is 2.63. The summed E-state index contributed by atoms with van der Waals surface area (Å²) < 4.78 is 0. The maximum absolute atomic E-state index is 12.0. The van der Waals surface area contributed by atoms with Crippen molar-refractivity contribution in [3.63, 3.8) is 0 Å². The van der Waals surface area contributed by atoms with Crippen molar-refractivity contribution in [1.82, 2.24) is 4.98 Å². The van der Waals surface area contributed by atoms with Crippen molar-refractivity contribution in [3.8, 4) is 5.75 Å². The van der Waals surface area contributed by atoms with E-state index in [9.17, 15) is 14.7 Å². The SMILES string of the molecule is NCCc1nc(C(=O)Nc2ccc(O)c(C(=O)O)c2)cs1. The first kappa shape index (κ1) is 14.9. The summed E-state index contributed by atoms with van der Waals surface area (Å²) in [4.78, 5) is 27.0. The number of rotatable bonds is 5. The molecule has 1 aromatic carbocycles. The molecule has 0 saturated carbocycles. The maximum atomic E-state index is 12.0. The number of carbonyl (C=O) groups is 2. The average Bonchev–Trinajstić information content (AvgIpc) is 2.90. The molecular weight excluding hydrogens is 294 g/mol. The second-order valence-corrected chi connectivity index (χ2v) is 5.10. The number of hydrogen-bond acceptors (Lipinski definition) is 6. The number of carboxylic acids is 1. The zero-order chi connectivity index (χ0) is 15.4. The first-order valence-electron chi connectivity index (χ1n) is 6.03. The highest BCUT2D eigenvalue weighted by atomic mass is 32.1. The van der Waals surface area contributed by atoms with Crippen molar-refractivity contribution >= 4 is 28.9 Å². The minimum Gasteiger partial charge on any atom is -0.507 e. The second-order valence-electron chi connectivity index (χ2n) is 4.16. The van der Waals surface area contributed by atoms with Gasteiger partial charge in [0.15, 0.2) is 0 Å². The second kappa shape index (κ2) is 6.33. The van der Waals surface area contributed by atoms with Gasteiger partial charge in [0.1, 0.15) is 17.0 Å². The lowest BCUT2D eigenvalue weighted by molar-refractivity contribution is 0.0693. The van der Waals surface area contributed by atoms with Gasteiger partial charge in [-0.1, -0.05) is 0 Å². The lowest BCUT2D eigenvalue weighted by Gasteiger charge is -2.05. The van der Waals surface area contributed by atoms with Crippen LogP contribution in [0.2, 0.25) is 0 Å². The molecule has 0 spiro atoms. The standard InChI is InChI=1S/C13H13N3O4S/c14-4-3-11-16-9(6-21-11)12(18)15-7-1-2-10(17)8(5-7)13(19)20/h1-2,5-6,17H,3-4,14H2,(H,15,18)(H,19,20). The van der Waals surface area contributed by atoms with Crippen LogP contribution in [0.3, 0.4) is 0 Å². The Balaban J connectivity index is 2.15. The molecule has 0 unspecified atom stereocenters. The quantitative estimate of drug-likeness (QED) is 0.617. The summed E-state index contributed by atoms with van der Waals surface area (Å²) in [5.41, 5.74) is 5.64. The molecule has 0 radical (unpaired) electrons. The summed E-state index contributed by atoms with van der Waals surface area (Å²) in [5.74, 6) is -2.08. The van der Waals surface area contributed by atoms with Gasteiger partial charge >= 0.3 is 5.97 Å². The van der Waals surface area contributed by atoms with Gasteiger partial charge in [-0.2, -0.15) is 0 Å². The van der Waals surface area contributed by atoms with E-state index in [-0.39, 0.29) is 22.7 Å². The normalized spacial score (nSPS) is 10.3. The minimum atomic E-state index is -1.28. The molecule has 0 aliphatic rings. The molecule has 0 bridgehead atoms. The number of nitrogens with two attached hydrogens (primary N) is 1. The first-order chi connectivity index (χ1) is 10.0. The minimum absolute atomic E-state index is 0.244. The number of phenols is 1. The highest BCUT2D eigenvalue weighted by Crippen LogP contribution is 2.22. The van der Waals surface area contributed by atoms with E-state index in [1.165, 1.54) is 29.5 Å². The summed E-state index contributed by atoms with van der Waals surface area (Å²) in [6.07, 6.45) is 0.598. The lowest BCUT2D eigenvalue weighted by Crippen LogP contribution is -2.13. The van der Waals surface area contributed by atoms with Crippen molar-refractivity contribution in [2.75, 3.05) is 11.9 Å². The van der Waals surface area contributed by atoms with E-state index < -0.39 is 11.9 Å². The fourth-order valence-corrected chi connectivity index (χ4v) is 2.43. The average molecular weight is 307 g/mol. The van der Waals surface area contributed by atoms with Gasteiger partial charge in [-0.05, 0) is 24.7 Å². The molecule has 110 valence electrons. The fraction of sp³-hybridized carbons (Fsp3) is 0.154. The van der Waals surface area contributed by atoms with Gasteiger partial charge in [0.2, 0.25) is 0 Å². The largest absolute Gasteiger partial charge is 0.507 e. The van der Waals surface area contributed by atoms with Crippen LogP contribution in [-0.2, 0) is 6.42 Å². The molecule has 7 nitrogen and oxygen atoms in total. The number of carbonyl (C=O) groups excluding carboxylic acids is 1. The number of thiazole rings is 1. The summed E-state index contributed by atoms with van der Waals surface area (Å²) in [6.45, 7) is 0.453. The van der Waals surface area contributed by atoms with E-state index in [2.05, 4.69) is 10.3 Å². The summed E-state index contributed by atoms with van der Waals surface area (Å²) >= 11 is 1.34. The van der Waals surface area contributed by atoms with Crippen molar-refractivity contribution in [3.05, 3.63) is 39.8 Å². The highest BCUT2D eigenvalue weighted by molar-refractivity contribution is 7.09. The van der Waals surface area contributed by atoms with Crippen LogP contribution >= 0.6 is 11.3 Å².